The van der Waals surface area contributed by atoms with Crippen LogP contribution in [0.4, 0.5) is 4.39 Å². The Labute approximate surface area is 115 Å². The molecule has 1 amide bonds. The van der Waals surface area contributed by atoms with Crippen molar-refractivity contribution in [2.24, 2.45) is 0 Å². The minimum absolute atomic E-state index is 0.131. The Balaban J connectivity index is 1.96. The predicted molar refractivity (Wildman–Crippen MR) is 74.2 cm³/mol. The number of hydrogen-bond acceptors (Lipinski definition) is 2. The van der Waals surface area contributed by atoms with Gasteiger partial charge in [-0.3, -0.25) is 9.59 Å². The standard InChI is InChI=1S/C15H15FN2O2/c1-10-6-8-17-14(19)13(10)15(20)18-9-7-11-2-4-12(16)5-3-11/h2-6,8H,7,9H2,1H3,(H,17,19)(H,18,20). The Morgan fingerprint density at radius 3 is 2.60 bits per heavy atom. The van der Waals surface area contributed by atoms with E-state index >= 15 is 0 Å². The van der Waals surface area contributed by atoms with Gasteiger partial charge in [0.25, 0.3) is 11.5 Å². The van der Waals surface area contributed by atoms with E-state index in [1.807, 2.05) is 0 Å². The second kappa shape index (κ2) is 6.14. The summed E-state index contributed by atoms with van der Waals surface area (Å²) < 4.78 is 12.7. The van der Waals surface area contributed by atoms with Gasteiger partial charge in [0.1, 0.15) is 11.4 Å². The van der Waals surface area contributed by atoms with Crippen LogP contribution in [-0.4, -0.2) is 17.4 Å². The smallest absolute Gasteiger partial charge is 0.261 e. The molecule has 1 heterocycles. The summed E-state index contributed by atoms with van der Waals surface area (Å²) in [5.41, 5.74) is 1.29. The van der Waals surface area contributed by atoms with Gasteiger partial charge < -0.3 is 10.3 Å². The van der Waals surface area contributed by atoms with E-state index in [1.54, 1.807) is 25.1 Å². The lowest BCUT2D eigenvalue weighted by molar-refractivity contribution is 0.0952. The number of rotatable bonds is 4. The molecule has 20 heavy (non-hydrogen) atoms. The van der Waals surface area contributed by atoms with E-state index in [2.05, 4.69) is 10.3 Å². The molecular formula is C15H15FN2O2. The molecular weight excluding hydrogens is 259 g/mol. The molecule has 1 aromatic carbocycles. The normalized spacial score (nSPS) is 10.3. The van der Waals surface area contributed by atoms with Crippen LogP contribution >= 0.6 is 0 Å². The Kier molecular flexibility index (Phi) is 4.30. The molecule has 0 aliphatic rings. The molecule has 0 bridgehead atoms. The van der Waals surface area contributed by atoms with Crippen LogP contribution in [0.2, 0.25) is 0 Å². The Hall–Kier alpha value is -2.43. The summed E-state index contributed by atoms with van der Waals surface area (Å²) >= 11 is 0. The number of benzene rings is 1. The number of carbonyl (C=O) groups is 1. The summed E-state index contributed by atoms with van der Waals surface area (Å²) in [4.78, 5) is 26.0. The molecule has 0 spiro atoms. The van der Waals surface area contributed by atoms with Gasteiger partial charge in [-0.25, -0.2) is 4.39 Å². The molecule has 2 N–H and O–H groups in total. The van der Waals surface area contributed by atoms with Crippen LogP contribution in [0.15, 0.2) is 41.3 Å². The van der Waals surface area contributed by atoms with E-state index < -0.39 is 11.5 Å². The maximum atomic E-state index is 12.7. The second-order valence-corrected chi connectivity index (χ2v) is 4.50. The van der Waals surface area contributed by atoms with Gasteiger partial charge in [-0.05, 0) is 42.7 Å². The summed E-state index contributed by atoms with van der Waals surface area (Å²) in [6.45, 7) is 2.10. The van der Waals surface area contributed by atoms with Gasteiger partial charge >= 0.3 is 0 Å². The molecule has 0 saturated heterocycles. The topological polar surface area (TPSA) is 62.0 Å². The SMILES string of the molecule is Cc1cc[nH]c(=O)c1C(=O)NCCc1ccc(F)cc1. The van der Waals surface area contributed by atoms with Gasteiger partial charge in [0.15, 0.2) is 0 Å². The first-order valence-corrected chi connectivity index (χ1v) is 6.29. The summed E-state index contributed by atoms with van der Waals surface area (Å²) in [6.07, 6.45) is 2.09. The van der Waals surface area contributed by atoms with Gasteiger partial charge in [0.05, 0.1) is 0 Å². The molecule has 0 unspecified atom stereocenters. The molecule has 0 aliphatic carbocycles. The molecule has 0 fully saturated rings. The third kappa shape index (κ3) is 3.32. The number of halogens is 1. The quantitative estimate of drug-likeness (QED) is 0.893. The minimum Gasteiger partial charge on any atom is -0.352 e. The number of pyridine rings is 1. The van der Waals surface area contributed by atoms with E-state index in [0.717, 1.165) is 5.56 Å². The lowest BCUT2D eigenvalue weighted by Gasteiger charge is -2.06. The van der Waals surface area contributed by atoms with Crippen LogP contribution < -0.4 is 10.9 Å². The zero-order valence-corrected chi connectivity index (χ0v) is 11.1. The van der Waals surface area contributed by atoms with Gasteiger partial charge in [-0.2, -0.15) is 0 Å². The second-order valence-electron chi connectivity index (χ2n) is 4.50. The third-order valence-corrected chi connectivity index (χ3v) is 3.01. The number of carbonyl (C=O) groups excluding carboxylic acids is 1. The summed E-state index contributed by atoms with van der Waals surface area (Å²) in [7, 11) is 0. The maximum Gasteiger partial charge on any atom is 0.261 e. The molecule has 0 aliphatic heterocycles. The van der Waals surface area contributed by atoms with Crippen LogP contribution in [0.25, 0.3) is 0 Å². The van der Waals surface area contributed by atoms with Crippen molar-refractivity contribution in [3.05, 3.63) is 69.4 Å². The molecule has 0 saturated carbocycles. The number of aryl methyl sites for hydroxylation is 1. The number of aromatic nitrogens is 1. The van der Waals surface area contributed by atoms with Crippen molar-refractivity contribution in [2.75, 3.05) is 6.54 Å². The van der Waals surface area contributed by atoms with E-state index in [1.165, 1.54) is 18.3 Å². The van der Waals surface area contributed by atoms with E-state index in [-0.39, 0.29) is 11.4 Å². The minimum atomic E-state index is -0.399. The van der Waals surface area contributed by atoms with Crippen LogP contribution in [0.3, 0.4) is 0 Å². The fourth-order valence-electron chi connectivity index (χ4n) is 1.92. The summed E-state index contributed by atoms with van der Waals surface area (Å²) in [5.74, 6) is -0.685. The first-order valence-electron chi connectivity index (χ1n) is 6.29. The first-order chi connectivity index (χ1) is 9.58. The maximum absolute atomic E-state index is 12.7. The summed E-state index contributed by atoms with van der Waals surface area (Å²) in [5, 5.41) is 2.69. The van der Waals surface area contributed by atoms with Crippen LogP contribution in [0.5, 0.6) is 0 Å². The highest BCUT2D eigenvalue weighted by molar-refractivity contribution is 5.95. The van der Waals surface area contributed by atoms with E-state index in [9.17, 15) is 14.0 Å². The zero-order valence-electron chi connectivity index (χ0n) is 11.1. The predicted octanol–water partition coefficient (Wildman–Crippen LogP) is 1.79. The molecule has 5 heteroatoms. The molecule has 0 radical (unpaired) electrons. The van der Waals surface area contributed by atoms with Crippen molar-refractivity contribution in [3.8, 4) is 0 Å². The Morgan fingerprint density at radius 1 is 1.25 bits per heavy atom. The number of amides is 1. The number of hydrogen-bond donors (Lipinski definition) is 2. The molecule has 2 aromatic rings. The van der Waals surface area contributed by atoms with Crippen molar-refractivity contribution < 1.29 is 9.18 Å². The average Bonchev–Trinajstić information content (AvgIpc) is 2.41. The van der Waals surface area contributed by atoms with E-state index in [4.69, 9.17) is 0 Å². The van der Waals surface area contributed by atoms with Crippen molar-refractivity contribution in [2.45, 2.75) is 13.3 Å². The van der Waals surface area contributed by atoms with Gasteiger partial charge in [0.2, 0.25) is 0 Å². The highest BCUT2D eigenvalue weighted by Gasteiger charge is 2.12. The van der Waals surface area contributed by atoms with Crippen LogP contribution in [0, 0.1) is 12.7 Å². The number of H-pyrrole nitrogens is 1. The first kappa shape index (κ1) is 14.0. The largest absolute Gasteiger partial charge is 0.352 e. The number of aromatic amines is 1. The van der Waals surface area contributed by atoms with Gasteiger partial charge in [-0.15, -0.1) is 0 Å². The monoisotopic (exact) mass is 274 g/mol. The van der Waals surface area contributed by atoms with Crippen molar-refractivity contribution in [3.63, 3.8) is 0 Å². The molecule has 2 rings (SSSR count). The Bertz CT molecular complexity index is 662. The Morgan fingerprint density at radius 2 is 1.95 bits per heavy atom. The lowest BCUT2D eigenvalue weighted by atomic mass is 10.1. The van der Waals surface area contributed by atoms with Crippen LogP contribution in [0.1, 0.15) is 21.5 Å². The molecule has 0 atom stereocenters. The van der Waals surface area contributed by atoms with Gasteiger partial charge in [-0.1, -0.05) is 12.1 Å². The highest BCUT2D eigenvalue weighted by atomic mass is 19.1. The highest BCUT2D eigenvalue weighted by Crippen LogP contribution is 2.03. The fourth-order valence-corrected chi connectivity index (χ4v) is 1.92. The molecule has 4 nitrogen and oxygen atoms in total. The van der Waals surface area contributed by atoms with Crippen molar-refractivity contribution in [1.82, 2.24) is 10.3 Å². The van der Waals surface area contributed by atoms with Gasteiger partial charge in [0, 0.05) is 12.7 Å². The molecule has 1 aromatic heterocycles. The zero-order chi connectivity index (χ0) is 14.5. The average molecular weight is 274 g/mol. The number of nitrogens with one attached hydrogen (secondary N) is 2. The fraction of sp³-hybridized carbons (Fsp3) is 0.200. The lowest BCUT2D eigenvalue weighted by Crippen LogP contribution is -2.31. The van der Waals surface area contributed by atoms with Crippen LogP contribution in [-0.2, 0) is 6.42 Å². The summed E-state index contributed by atoms with van der Waals surface area (Å²) in [6, 6.07) is 7.77. The van der Waals surface area contributed by atoms with Crippen molar-refractivity contribution in [1.29, 1.82) is 0 Å². The third-order valence-electron chi connectivity index (χ3n) is 3.01. The van der Waals surface area contributed by atoms with E-state index in [0.29, 0.717) is 18.5 Å². The van der Waals surface area contributed by atoms with Crippen molar-refractivity contribution >= 4 is 5.91 Å². The molecule has 104 valence electrons.